The first-order chi connectivity index (χ1) is 13.8. The number of rotatable bonds is 7. The van der Waals surface area contributed by atoms with E-state index in [1.54, 1.807) is 42.5 Å². The highest BCUT2D eigenvalue weighted by Gasteiger charge is 2.16. The highest BCUT2D eigenvalue weighted by atomic mass is 79.9. The van der Waals surface area contributed by atoms with Gasteiger partial charge in [0.15, 0.2) is 9.84 Å². The lowest BCUT2D eigenvalue weighted by atomic mass is 10.2. The fourth-order valence-electron chi connectivity index (χ4n) is 2.48. The minimum atomic E-state index is -3.51. The summed E-state index contributed by atoms with van der Waals surface area (Å²) in [5, 5.41) is 2.65. The second-order valence-electron chi connectivity index (χ2n) is 6.37. The van der Waals surface area contributed by atoms with Crippen LogP contribution in [0.2, 0.25) is 0 Å². The van der Waals surface area contributed by atoms with E-state index in [-0.39, 0.29) is 17.1 Å². The van der Waals surface area contributed by atoms with Gasteiger partial charge in [0, 0.05) is 17.0 Å². The third-order valence-corrected chi connectivity index (χ3v) is 6.24. The molecule has 0 spiro atoms. The molecule has 2 aromatic carbocycles. The Bertz CT molecular complexity index is 1100. The molecule has 0 bridgehead atoms. The maximum atomic E-state index is 12.3. The van der Waals surface area contributed by atoms with E-state index in [4.69, 9.17) is 4.74 Å². The molecular formula is C21H19BrN2O4S. The van der Waals surface area contributed by atoms with E-state index in [0.717, 1.165) is 10.0 Å². The lowest BCUT2D eigenvalue weighted by molar-refractivity contribution is -0.115. The lowest BCUT2D eigenvalue weighted by Gasteiger charge is -2.08. The minimum Gasteiger partial charge on any atom is -0.439 e. The maximum absolute atomic E-state index is 12.3. The van der Waals surface area contributed by atoms with Crippen molar-refractivity contribution in [2.75, 3.05) is 11.1 Å². The Labute approximate surface area is 178 Å². The molecule has 0 radical (unpaired) electrons. The number of hydrogen-bond acceptors (Lipinski definition) is 5. The number of pyridine rings is 1. The Balaban J connectivity index is 1.54. The van der Waals surface area contributed by atoms with Crippen molar-refractivity contribution < 1.29 is 17.9 Å². The highest BCUT2D eigenvalue weighted by molar-refractivity contribution is 9.10. The molecule has 0 saturated carbocycles. The Hall–Kier alpha value is -2.71. The van der Waals surface area contributed by atoms with E-state index < -0.39 is 15.7 Å². The fraction of sp³-hybridized carbons (Fsp3) is 0.143. The number of carbonyl (C=O) groups is 1. The molecule has 1 N–H and O–H groups in total. The second kappa shape index (κ2) is 9.19. The van der Waals surface area contributed by atoms with Gasteiger partial charge in [-0.2, -0.15) is 0 Å². The summed E-state index contributed by atoms with van der Waals surface area (Å²) in [6.45, 7) is 1.88. The zero-order chi connectivity index (χ0) is 20.9. The van der Waals surface area contributed by atoms with Gasteiger partial charge in [0.25, 0.3) is 0 Å². The van der Waals surface area contributed by atoms with Crippen LogP contribution in [0.25, 0.3) is 0 Å². The van der Waals surface area contributed by atoms with Gasteiger partial charge < -0.3 is 10.1 Å². The van der Waals surface area contributed by atoms with E-state index >= 15 is 0 Å². The summed E-state index contributed by atoms with van der Waals surface area (Å²) >= 11 is 3.37. The molecule has 1 amide bonds. The summed E-state index contributed by atoms with van der Waals surface area (Å²) in [6.07, 6.45) is 1.31. The Morgan fingerprint density at radius 2 is 1.86 bits per heavy atom. The topological polar surface area (TPSA) is 85.4 Å². The predicted molar refractivity (Wildman–Crippen MR) is 115 cm³/mol. The molecule has 0 aliphatic carbocycles. The van der Waals surface area contributed by atoms with Crippen LogP contribution in [0, 0.1) is 6.92 Å². The van der Waals surface area contributed by atoms with Crippen molar-refractivity contribution in [2.45, 2.75) is 18.2 Å². The average molecular weight is 475 g/mol. The van der Waals surface area contributed by atoms with E-state index in [9.17, 15) is 13.2 Å². The van der Waals surface area contributed by atoms with Crippen molar-refractivity contribution in [3.8, 4) is 11.6 Å². The molecule has 0 aliphatic heterocycles. The smallest absolute Gasteiger partial charge is 0.225 e. The third-order valence-electron chi connectivity index (χ3n) is 4.02. The first-order valence-electron chi connectivity index (χ1n) is 8.80. The molecule has 8 heteroatoms. The second-order valence-corrected chi connectivity index (χ2v) is 9.40. The number of nitrogens with one attached hydrogen (secondary N) is 1. The number of anilines is 1. The molecule has 6 nitrogen and oxygen atoms in total. The van der Waals surface area contributed by atoms with Gasteiger partial charge in [-0.25, -0.2) is 13.4 Å². The molecule has 0 fully saturated rings. The summed E-state index contributed by atoms with van der Waals surface area (Å²) in [6, 6.07) is 17.2. The van der Waals surface area contributed by atoms with Gasteiger partial charge in [0.05, 0.1) is 22.5 Å². The minimum absolute atomic E-state index is 0.146. The van der Waals surface area contributed by atoms with Crippen molar-refractivity contribution in [3.05, 3.63) is 76.9 Å². The highest BCUT2D eigenvalue weighted by Crippen LogP contribution is 2.23. The summed E-state index contributed by atoms with van der Waals surface area (Å²) in [5.74, 6) is 0.343. The van der Waals surface area contributed by atoms with Crippen LogP contribution in [0.3, 0.4) is 0 Å². The van der Waals surface area contributed by atoms with Crippen LogP contribution in [0.4, 0.5) is 5.69 Å². The first-order valence-corrected chi connectivity index (χ1v) is 11.3. The molecule has 0 atom stereocenters. The number of nitrogens with zero attached hydrogens (tertiary/aromatic N) is 1. The molecule has 3 aromatic rings. The fourth-order valence-corrected chi connectivity index (χ4v) is 4.10. The van der Waals surface area contributed by atoms with E-state index in [0.29, 0.717) is 17.3 Å². The van der Waals surface area contributed by atoms with Crippen LogP contribution in [0.1, 0.15) is 12.0 Å². The molecule has 3 rings (SSSR count). The van der Waals surface area contributed by atoms with Gasteiger partial charge in [-0.15, -0.1) is 0 Å². The Morgan fingerprint density at radius 1 is 1.10 bits per heavy atom. The molecule has 150 valence electrons. The number of aryl methyl sites for hydroxylation is 1. The van der Waals surface area contributed by atoms with Crippen molar-refractivity contribution >= 4 is 37.4 Å². The van der Waals surface area contributed by atoms with Crippen LogP contribution in [0.15, 0.2) is 76.2 Å². The molecule has 0 saturated heterocycles. The van der Waals surface area contributed by atoms with Crippen molar-refractivity contribution in [1.82, 2.24) is 4.98 Å². The number of aromatic nitrogens is 1. The van der Waals surface area contributed by atoms with E-state index in [1.807, 2.05) is 25.1 Å². The van der Waals surface area contributed by atoms with Crippen molar-refractivity contribution in [3.63, 3.8) is 0 Å². The van der Waals surface area contributed by atoms with Gasteiger partial charge in [-0.05, 0) is 43.3 Å². The molecule has 0 aliphatic rings. The van der Waals surface area contributed by atoms with E-state index in [1.165, 1.54) is 6.20 Å². The van der Waals surface area contributed by atoms with E-state index in [2.05, 4.69) is 26.2 Å². The average Bonchev–Trinajstić information content (AvgIpc) is 2.68. The van der Waals surface area contributed by atoms with Crippen LogP contribution in [-0.4, -0.2) is 25.1 Å². The molecular weight excluding hydrogens is 456 g/mol. The van der Waals surface area contributed by atoms with Gasteiger partial charge in [0.1, 0.15) is 5.75 Å². The number of carbonyl (C=O) groups excluding carboxylic acids is 1. The summed E-state index contributed by atoms with van der Waals surface area (Å²) < 4.78 is 31.2. The van der Waals surface area contributed by atoms with Crippen LogP contribution in [0.5, 0.6) is 11.6 Å². The van der Waals surface area contributed by atoms with Crippen molar-refractivity contribution in [1.29, 1.82) is 0 Å². The summed E-state index contributed by atoms with van der Waals surface area (Å²) in [4.78, 5) is 16.5. The van der Waals surface area contributed by atoms with Gasteiger partial charge in [-0.1, -0.05) is 39.7 Å². The van der Waals surface area contributed by atoms with Gasteiger partial charge in [-0.3, -0.25) is 4.79 Å². The Kier molecular flexibility index (Phi) is 6.66. The van der Waals surface area contributed by atoms with Gasteiger partial charge >= 0.3 is 0 Å². The van der Waals surface area contributed by atoms with Crippen LogP contribution >= 0.6 is 15.9 Å². The number of sulfone groups is 1. The summed E-state index contributed by atoms with van der Waals surface area (Å²) in [5.41, 5.74) is 1.44. The van der Waals surface area contributed by atoms with Gasteiger partial charge in [0.2, 0.25) is 11.8 Å². The standard InChI is InChI=1S/C21H19BrN2O4S/c1-15-5-8-19(9-6-15)29(26,27)12-11-20(25)24-17-7-10-21(23-14-17)28-18-4-2-3-16(22)13-18/h2-10,13-14H,11-12H2,1H3,(H,24,25). The number of amides is 1. The third kappa shape index (κ3) is 6.13. The number of ether oxygens (including phenoxy) is 1. The molecule has 1 heterocycles. The van der Waals surface area contributed by atoms with Crippen LogP contribution in [-0.2, 0) is 14.6 Å². The maximum Gasteiger partial charge on any atom is 0.225 e. The summed E-state index contributed by atoms with van der Waals surface area (Å²) in [7, 11) is -3.51. The zero-order valence-corrected chi connectivity index (χ0v) is 18.0. The predicted octanol–water partition coefficient (Wildman–Crippen LogP) is 4.75. The molecule has 1 aromatic heterocycles. The number of benzene rings is 2. The molecule has 0 unspecified atom stereocenters. The normalized spacial score (nSPS) is 11.1. The lowest BCUT2D eigenvalue weighted by Crippen LogP contribution is -2.17. The largest absolute Gasteiger partial charge is 0.439 e. The quantitative estimate of drug-likeness (QED) is 0.533. The number of halogens is 1. The first kappa shape index (κ1) is 21.0. The number of hydrogen-bond donors (Lipinski definition) is 1. The molecule has 29 heavy (non-hydrogen) atoms. The zero-order valence-electron chi connectivity index (χ0n) is 15.6. The van der Waals surface area contributed by atoms with Crippen LogP contribution < -0.4 is 10.1 Å². The Morgan fingerprint density at radius 3 is 2.52 bits per heavy atom. The SMILES string of the molecule is Cc1ccc(S(=O)(=O)CCC(=O)Nc2ccc(Oc3cccc(Br)c3)nc2)cc1. The van der Waals surface area contributed by atoms with Crippen molar-refractivity contribution in [2.24, 2.45) is 0 Å². The monoisotopic (exact) mass is 474 g/mol.